The average molecular weight is 368 g/mol. The predicted octanol–water partition coefficient (Wildman–Crippen LogP) is 3.01. The Morgan fingerprint density at radius 2 is 1.70 bits per heavy atom. The normalized spacial score (nSPS) is 10.9. The van der Waals surface area contributed by atoms with E-state index >= 15 is 0 Å². The first kappa shape index (κ1) is 19.7. The molecule has 2 aromatic carbocycles. The number of rotatable bonds is 5. The fourth-order valence-corrected chi connectivity index (χ4v) is 2.26. The van der Waals surface area contributed by atoms with Gasteiger partial charge < -0.3 is 20.5 Å². The summed E-state index contributed by atoms with van der Waals surface area (Å²) in [7, 11) is 1.29. The van der Waals surface area contributed by atoms with Crippen LogP contribution >= 0.6 is 0 Å². The highest BCUT2D eigenvalue weighted by molar-refractivity contribution is 6.10. The maximum atomic E-state index is 12.2. The Balaban J connectivity index is 2.00. The highest BCUT2D eigenvalue weighted by atomic mass is 16.5. The summed E-state index contributed by atoms with van der Waals surface area (Å²) in [6, 6.07) is 10.8. The van der Waals surface area contributed by atoms with Crippen molar-refractivity contribution in [3.63, 3.8) is 0 Å². The summed E-state index contributed by atoms with van der Waals surface area (Å²) >= 11 is 0. The number of nitrogens with one attached hydrogen (secondary N) is 2. The van der Waals surface area contributed by atoms with Gasteiger partial charge in [0, 0.05) is 23.0 Å². The molecule has 0 aromatic heterocycles. The predicted molar refractivity (Wildman–Crippen MR) is 102 cm³/mol. The standard InChI is InChI=1S/C20H20N2O5/c1-12-10-16(23)8-9-17(12)22-18(24)11-13(2)19(25)21-15-6-4-14(5-7-15)20(26)27-3/h4-11,23H,1-3H3,(H,21,25)(H,22,24)/b13-11+. The molecular formula is C20H20N2O5. The molecule has 0 spiro atoms. The zero-order valence-corrected chi connectivity index (χ0v) is 15.2. The molecule has 140 valence electrons. The molecule has 0 saturated heterocycles. The van der Waals surface area contributed by atoms with Crippen LogP contribution in [0, 0.1) is 6.92 Å². The minimum Gasteiger partial charge on any atom is -0.508 e. The molecule has 2 amide bonds. The molecule has 7 nitrogen and oxygen atoms in total. The van der Waals surface area contributed by atoms with Crippen LogP contribution in [0.1, 0.15) is 22.8 Å². The second kappa shape index (κ2) is 8.66. The number of hydrogen-bond acceptors (Lipinski definition) is 5. The molecule has 0 radical (unpaired) electrons. The van der Waals surface area contributed by atoms with Crippen molar-refractivity contribution in [2.75, 3.05) is 17.7 Å². The Morgan fingerprint density at radius 1 is 1.04 bits per heavy atom. The van der Waals surface area contributed by atoms with Gasteiger partial charge in [0.1, 0.15) is 5.75 Å². The van der Waals surface area contributed by atoms with Crippen LogP contribution in [-0.4, -0.2) is 30.0 Å². The van der Waals surface area contributed by atoms with E-state index in [4.69, 9.17) is 0 Å². The van der Waals surface area contributed by atoms with Gasteiger partial charge in [-0.25, -0.2) is 4.79 Å². The van der Waals surface area contributed by atoms with Gasteiger partial charge in [0.05, 0.1) is 12.7 Å². The molecule has 2 aromatic rings. The van der Waals surface area contributed by atoms with Crippen molar-refractivity contribution in [3.05, 3.63) is 65.2 Å². The van der Waals surface area contributed by atoms with Crippen LogP contribution in [0.4, 0.5) is 11.4 Å². The third-order valence-corrected chi connectivity index (χ3v) is 3.74. The first-order valence-electron chi connectivity index (χ1n) is 8.09. The van der Waals surface area contributed by atoms with E-state index < -0.39 is 17.8 Å². The van der Waals surface area contributed by atoms with Gasteiger partial charge in [-0.3, -0.25) is 9.59 Å². The van der Waals surface area contributed by atoms with Crippen molar-refractivity contribution in [3.8, 4) is 5.75 Å². The van der Waals surface area contributed by atoms with Gasteiger partial charge in [-0.15, -0.1) is 0 Å². The van der Waals surface area contributed by atoms with E-state index in [0.717, 1.165) is 0 Å². The number of carbonyl (C=O) groups is 3. The molecule has 0 aliphatic heterocycles. The number of aromatic hydroxyl groups is 1. The second-order valence-corrected chi connectivity index (χ2v) is 5.84. The van der Waals surface area contributed by atoms with E-state index in [0.29, 0.717) is 22.5 Å². The summed E-state index contributed by atoms with van der Waals surface area (Å²) in [5.74, 6) is -1.27. The number of phenolic OH excluding ortho intramolecular Hbond substituents is 1. The van der Waals surface area contributed by atoms with Crippen LogP contribution in [0.5, 0.6) is 5.75 Å². The molecule has 0 bridgehead atoms. The largest absolute Gasteiger partial charge is 0.508 e. The topological polar surface area (TPSA) is 105 Å². The number of hydrogen-bond donors (Lipinski definition) is 3. The monoisotopic (exact) mass is 368 g/mol. The van der Waals surface area contributed by atoms with Crippen LogP contribution in [0.25, 0.3) is 0 Å². The van der Waals surface area contributed by atoms with Crippen molar-refractivity contribution in [1.82, 2.24) is 0 Å². The van der Waals surface area contributed by atoms with Gasteiger partial charge in [0.15, 0.2) is 0 Å². The van der Waals surface area contributed by atoms with Gasteiger partial charge in [-0.2, -0.15) is 0 Å². The van der Waals surface area contributed by atoms with Crippen LogP contribution < -0.4 is 10.6 Å². The lowest BCUT2D eigenvalue weighted by atomic mass is 10.1. The molecule has 0 unspecified atom stereocenters. The van der Waals surface area contributed by atoms with Crippen LogP contribution in [0.15, 0.2) is 54.1 Å². The maximum absolute atomic E-state index is 12.2. The molecule has 0 atom stereocenters. The van der Waals surface area contributed by atoms with Crippen LogP contribution in [0.3, 0.4) is 0 Å². The summed E-state index contributed by atoms with van der Waals surface area (Å²) in [4.78, 5) is 35.7. The first-order chi connectivity index (χ1) is 12.8. The Bertz CT molecular complexity index is 901. The van der Waals surface area contributed by atoms with Crippen molar-refractivity contribution >= 4 is 29.2 Å². The second-order valence-electron chi connectivity index (χ2n) is 5.84. The molecule has 0 saturated carbocycles. The van der Waals surface area contributed by atoms with Gasteiger partial charge in [0.2, 0.25) is 5.91 Å². The smallest absolute Gasteiger partial charge is 0.337 e. The fraction of sp³-hybridized carbons (Fsp3) is 0.150. The van der Waals surface area contributed by atoms with Gasteiger partial charge in [-0.05, 0) is 61.9 Å². The number of aryl methyl sites for hydroxylation is 1. The van der Waals surface area contributed by atoms with Gasteiger partial charge in [0.25, 0.3) is 5.91 Å². The maximum Gasteiger partial charge on any atom is 0.337 e. The van der Waals surface area contributed by atoms with E-state index in [2.05, 4.69) is 15.4 Å². The number of benzene rings is 2. The van der Waals surface area contributed by atoms with E-state index in [1.54, 1.807) is 25.1 Å². The lowest BCUT2D eigenvalue weighted by Gasteiger charge is -2.08. The summed E-state index contributed by atoms with van der Waals surface area (Å²) < 4.78 is 4.61. The Labute approximate surface area is 156 Å². The van der Waals surface area contributed by atoms with Crippen molar-refractivity contribution in [2.45, 2.75) is 13.8 Å². The Kier molecular flexibility index (Phi) is 6.32. The lowest BCUT2D eigenvalue weighted by molar-refractivity contribution is -0.114. The van der Waals surface area contributed by atoms with E-state index in [1.165, 1.54) is 44.4 Å². The molecule has 0 heterocycles. The molecular weight excluding hydrogens is 348 g/mol. The van der Waals surface area contributed by atoms with Crippen molar-refractivity contribution in [1.29, 1.82) is 0 Å². The molecule has 27 heavy (non-hydrogen) atoms. The number of carbonyl (C=O) groups excluding carboxylic acids is 3. The number of amides is 2. The summed E-state index contributed by atoms with van der Waals surface area (Å²) in [5, 5.41) is 14.7. The van der Waals surface area contributed by atoms with Crippen molar-refractivity contribution < 1.29 is 24.2 Å². The number of esters is 1. The number of methoxy groups -OCH3 is 1. The third-order valence-electron chi connectivity index (χ3n) is 3.74. The average Bonchev–Trinajstić information content (AvgIpc) is 2.64. The van der Waals surface area contributed by atoms with Crippen LogP contribution in [-0.2, 0) is 14.3 Å². The summed E-state index contributed by atoms with van der Waals surface area (Å²) in [6.45, 7) is 3.26. The highest BCUT2D eigenvalue weighted by Gasteiger charge is 2.10. The molecule has 7 heteroatoms. The van der Waals surface area contributed by atoms with Gasteiger partial charge in [-0.1, -0.05) is 0 Å². The van der Waals surface area contributed by atoms with Crippen LogP contribution in [0.2, 0.25) is 0 Å². The third kappa shape index (κ3) is 5.43. The first-order valence-corrected chi connectivity index (χ1v) is 8.09. The van der Waals surface area contributed by atoms with E-state index in [9.17, 15) is 19.5 Å². The molecule has 3 N–H and O–H groups in total. The van der Waals surface area contributed by atoms with Crippen molar-refractivity contribution in [2.24, 2.45) is 0 Å². The zero-order valence-electron chi connectivity index (χ0n) is 15.2. The quantitative estimate of drug-likeness (QED) is 0.427. The Morgan fingerprint density at radius 3 is 2.30 bits per heavy atom. The number of ether oxygens (including phenoxy) is 1. The minimum absolute atomic E-state index is 0.106. The SMILES string of the molecule is COC(=O)c1ccc(NC(=O)/C(C)=C/C(=O)Nc2ccc(O)cc2C)cc1. The van der Waals surface area contributed by atoms with E-state index in [-0.39, 0.29) is 11.3 Å². The number of phenols is 1. The molecule has 0 aliphatic rings. The molecule has 2 rings (SSSR count). The Hall–Kier alpha value is -3.61. The van der Waals surface area contributed by atoms with E-state index in [1.807, 2.05) is 0 Å². The fourth-order valence-electron chi connectivity index (χ4n) is 2.26. The minimum atomic E-state index is -0.467. The zero-order chi connectivity index (χ0) is 20.0. The highest BCUT2D eigenvalue weighted by Crippen LogP contribution is 2.20. The molecule has 0 fully saturated rings. The molecule has 0 aliphatic carbocycles. The summed E-state index contributed by atoms with van der Waals surface area (Å²) in [6.07, 6.45) is 1.18. The number of anilines is 2. The van der Waals surface area contributed by atoms with Gasteiger partial charge >= 0.3 is 5.97 Å². The lowest BCUT2D eigenvalue weighted by Crippen LogP contribution is -2.16. The summed E-state index contributed by atoms with van der Waals surface area (Å²) in [5.41, 5.74) is 2.30.